The van der Waals surface area contributed by atoms with Gasteiger partial charge in [-0.05, 0) is 42.0 Å². The summed E-state index contributed by atoms with van der Waals surface area (Å²) in [7, 11) is 2.92. The van der Waals surface area contributed by atoms with Crippen LogP contribution in [0.2, 0.25) is 0 Å². The second kappa shape index (κ2) is 8.27. The number of benzene rings is 1. The molecule has 1 atom stereocenters. The Morgan fingerprint density at radius 1 is 1.14 bits per heavy atom. The fourth-order valence-electron chi connectivity index (χ4n) is 3.79. The number of nitrogens with zero attached hydrogens (tertiary/aromatic N) is 1. The molecule has 1 amide bonds. The van der Waals surface area contributed by atoms with Gasteiger partial charge in [0.15, 0.2) is 11.5 Å². The highest BCUT2D eigenvalue weighted by atomic mass is 32.2. The Kier molecular flexibility index (Phi) is 5.73. The summed E-state index contributed by atoms with van der Waals surface area (Å²) in [5.74, 6) is 3.07. The van der Waals surface area contributed by atoms with Gasteiger partial charge in [0.05, 0.1) is 36.8 Å². The van der Waals surface area contributed by atoms with Crippen LogP contribution in [0.25, 0.3) is 0 Å². The molecule has 29 heavy (non-hydrogen) atoms. The zero-order chi connectivity index (χ0) is 20.5. The molecule has 8 nitrogen and oxygen atoms in total. The van der Waals surface area contributed by atoms with Crippen LogP contribution in [0.3, 0.4) is 0 Å². The van der Waals surface area contributed by atoms with Gasteiger partial charge in [-0.3, -0.25) is 19.4 Å². The number of anilines is 1. The predicted molar refractivity (Wildman–Crippen MR) is 115 cm³/mol. The van der Waals surface area contributed by atoms with Gasteiger partial charge in [0.25, 0.3) is 5.56 Å². The SMILES string of the molecule is COc1cc([C@@H]2SCC(=O)Nc3c2c(=O)[nH]n3C2CCSCC2)cc(OC)c1O. The number of phenolic OH excluding ortho intramolecular Hbond substituents is 1. The lowest BCUT2D eigenvalue weighted by Gasteiger charge is -2.24. The molecule has 0 radical (unpaired) electrons. The summed E-state index contributed by atoms with van der Waals surface area (Å²) in [6, 6.07) is 3.52. The average molecular weight is 438 g/mol. The summed E-state index contributed by atoms with van der Waals surface area (Å²) < 4.78 is 12.4. The van der Waals surface area contributed by atoms with E-state index in [1.54, 1.807) is 12.1 Å². The third kappa shape index (κ3) is 3.71. The van der Waals surface area contributed by atoms with E-state index in [4.69, 9.17) is 9.47 Å². The smallest absolute Gasteiger partial charge is 0.270 e. The molecule has 156 valence electrons. The van der Waals surface area contributed by atoms with Crippen molar-refractivity contribution in [1.29, 1.82) is 0 Å². The van der Waals surface area contributed by atoms with E-state index in [-0.39, 0.29) is 40.5 Å². The van der Waals surface area contributed by atoms with Crippen LogP contribution in [0.1, 0.15) is 35.3 Å². The summed E-state index contributed by atoms with van der Waals surface area (Å²) in [4.78, 5) is 25.4. The molecule has 0 bridgehead atoms. The molecule has 0 aliphatic carbocycles. The van der Waals surface area contributed by atoms with Crippen molar-refractivity contribution in [2.45, 2.75) is 24.1 Å². The van der Waals surface area contributed by atoms with E-state index < -0.39 is 5.25 Å². The van der Waals surface area contributed by atoms with E-state index in [0.717, 1.165) is 29.9 Å². The fraction of sp³-hybridized carbons (Fsp3) is 0.474. The van der Waals surface area contributed by atoms with Gasteiger partial charge in [0.2, 0.25) is 11.7 Å². The Balaban J connectivity index is 1.84. The molecule has 1 aromatic heterocycles. The van der Waals surface area contributed by atoms with Crippen molar-refractivity contribution < 1.29 is 19.4 Å². The van der Waals surface area contributed by atoms with Gasteiger partial charge in [-0.1, -0.05) is 0 Å². The number of fused-ring (bicyclic) bond motifs is 1. The molecule has 2 aromatic rings. The maximum absolute atomic E-state index is 13.0. The molecule has 0 spiro atoms. The number of H-pyrrole nitrogens is 1. The third-order valence-corrected chi connectivity index (χ3v) is 7.54. The number of phenols is 1. The van der Waals surface area contributed by atoms with E-state index in [0.29, 0.717) is 11.4 Å². The number of nitrogens with one attached hydrogen (secondary N) is 2. The van der Waals surface area contributed by atoms with Crippen molar-refractivity contribution in [3.05, 3.63) is 33.6 Å². The van der Waals surface area contributed by atoms with Crippen LogP contribution in [-0.4, -0.2) is 52.3 Å². The number of carbonyl (C=O) groups excluding carboxylic acids is 1. The van der Waals surface area contributed by atoms with Gasteiger partial charge >= 0.3 is 0 Å². The lowest BCUT2D eigenvalue weighted by atomic mass is 10.0. The molecular formula is C19H23N3O5S2. The molecule has 2 aliphatic heterocycles. The maximum Gasteiger partial charge on any atom is 0.270 e. The van der Waals surface area contributed by atoms with Crippen LogP contribution in [0.5, 0.6) is 17.2 Å². The lowest BCUT2D eigenvalue weighted by Crippen LogP contribution is -2.22. The van der Waals surface area contributed by atoms with Crippen molar-refractivity contribution in [1.82, 2.24) is 9.78 Å². The van der Waals surface area contributed by atoms with Crippen LogP contribution < -0.4 is 20.3 Å². The number of aromatic hydroxyl groups is 1. The summed E-state index contributed by atoms with van der Waals surface area (Å²) in [6.45, 7) is 0. The number of aromatic amines is 1. The molecule has 1 aromatic carbocycles. The Morgan fingerprint density at radius 3 is 2.41 bits per heavy atom. The fourth-order valence-corrected chi connectivity index (χ4v) is 5.98. The van der Waals surface area contributed by atoms with E-state index >= 15 is 0 Å². The number of thioether (sulfide) groups is 2. The normalized spacial score (nSPS) is 19.9. The molecule has 2 aliphatic rings. The molecule has 1 fully saturated rings. The number of carbonyl (C=O) groups is 1. The number of hydrogen-bond acceptors (Lipinski definition) is 7. The van der Waals surface area contributed by atoms with E-state index in [1.807, 2.05) is 16.4 Å². The number of amides is 1. The van der Waals surface area contributed by atoms with Crippen molar-refractivity contribution in [2.24, 2.45) is 0 Å². The minimum Gasteiger partial charge on any atom is -0.502 e. The minimum atomic E-state index is -0.407. The highest BCUT2D eigenvalue weighted by Crippen LogP contribution is 2.46. The third-order valence-electron chi connectivity index (χ3n) is 5.22. The summed E-state index contributed by atoms with van der Waals surface area (Å²) >= 11 is 3.26. The standard InChI is InChI=1S/C19H23N3O5S2/c1-26-12-7-10(8-13(27-2)16(12)24)17-15-18(20-14(23)9-29-17)22(21-19(15)25)11-3-5-28-6-4-11/h7-8,11,17,24H,3-6,9H2,1-2H3,(H,20,23)(H,21,25)/t17-/m0/s1. The number of hydrogen-bond donors (Lipinski definition) is 3. The van der Waals surface area contributed by atoms with Crippen LogP contribution in [0.4, 0.5) is 5.82 Å². The summed E-state index contributed by atoms with van der Waals surface area (Å²) in [6.07, 6.45) is 1.88. The molecule has 0 saturated carbocycles. The van der Waals surface area contributed by atoms with Crippen LogP contribution >= 0.6 is 23.5 Å². The van der Waals surface area contributed by atoms with Gasteiger partial charge in [-0.25, -0.2) is 0 Å². The maximum atomic E-state index is 13.0. The molecule has 4 rings (SSSR count). The number of rotatable bonds is 4. The largest absolute Gasteiger partial charge is 0.502 e. The Labute approximate surface area is 176 Å². The van der Waals surface area contributed by atoms with E-state index in [2.05, 4.69) is 10.4 Å². The van der Waals surface area contributed by atoms with Gasteiger partial charge < -0.3 is 19.9 Å². The highest BCUT2D eigenvalue weighted by molar-refractivity contribution is 8.00. The first-order chi connectivity index (χ1) is 14.0. The zero-order valence-electron chi connectivity index (χ0n) is 16.2. The Bertz CT molecular complexity index is 956. The first-order valence-corrected chi connectivity index (χ1v) is 11.5. The van der Waals surface area contributed by atoms with Gasteiger partial charge in [0, 0.05) is 0 Å². The number of aromatic nitrogens is 2. The zero-order valence-corrected chi connectivity index (χ0v) is 17.8. The topological polar surface area (TPSA) is 106 Å². The van der Waals surface area contributed by atoms with Gasteiger partial charge in [-0.15, -0.1) is 11.8 Å². The molecule has 10 heteroatoms. The van der Waals surface area contributed by atoms with Crippen LogP contribution in [-0.2, 0) is 4.79 Å². The van der Waals surface area contributed by atoms with Crippen molar-refractivity contribution in [3.63, 3.8) is 0 Å². The molecule has 0 unspecified atom stereocenters. The second-order valence-electron chi connectivity index (χ2n) is 6.93. The molecular weight excluding hydrogens is 414 g/mol. The van der Waals surface area contributed by atoms with Crippen LogP contribution in [0.15, 0.2) is 16.9 Å². The first-order valence-electron chi connectivity index (χ1n) is 9.32. The number of methoxy groups -OCH3 is 2. The summed E-state index contributed by atoms with van der Waals surface area (Å²) in [5, 5.41) is 15.7. The highest BCUT2D eigenvalue weighted by Gasteiger charge is 2.33. The number of ether oxygens (including phenoxy) is 2. The first kappa shape index (κ1) is 20.1. The minimum absolute atomic E-state index is 0.0991. The van der Waals surface area contributed by atoms with E-state index in [9.17, 15) is 14.7 Å². The van der Waals surface area contributed by atoms with Crippen LogP contribution in [0, 0.1) is 0 Å². The Hall–Kier alpha value is -2.20. The summed E-state index contributed by atoms with van der Waals surface area (Å²) in [5.41, 5.74) is 1.01. The average Bonchev–Trinajstić information content (AvgIpc) is 2.94. The van der Waals surface area contributed by atoms with Crippen molar-refractivity contribution in [2.75, 3.05) is 36.8 Å². The van der Waals surface area contributed by atoms with Crippen molar-refractivity contribution in [3.8, 4) is 17.2 Å². The predicted octanol–water partition coefficient (Wildman–Crippen LogP) is 2.74. The monoisotopic (exact) mass is 437 g/mol. The molecule has 3 N–H and O–H groups in total. The van der Waals surface area contributed by atoms with Gasteiger partial charge in [0.1, 0.15) is 5.82 Å². The van der Waals surface area contributed by atoms with Gasteiger partial charge in [-0.2, -0.15) is 11.8 Å². The van der Waals surface area contributed by atoms with E-state index in [1.165, 1.54) is 26.0 Å². The quantitative estimate of drug-likeness (QED) is 0.675. The lowest BCUT2D eigenvalue weighted by molar-refractivity contribution is -0.113. The molecule has 1 saturated heterocycles. The second-order valence-corrected chi connectivity index (χ2v) is 9.25. The van der Waals surface area contributed by atoms with Crippen molar-refractivity contribution >= 4 is 35.2 Å². The Morgan fingerprint density at radius 2 is 1.79 bits per heavy atom. The molecule has 3 heterocycles.